The number of H-pyrrole nitrogens is 1. The van der Waals surface area contributed by atoms with Crippen LogP contribution in [0.4, 0.5) is 11.5 Å². The molecule has 0 aliphatic rings. The number of nitrogens with zero attached hydrogens (tertiary/aromatic N) is 2. The third-order valence-electron chi connectivity index (χ3n) is 4.90. The lowest BCUT2D eigenvalue weighted by Gasteiger charge is -2.26. The third-order valence-corrected chi connectivity index (χ3v) is 4.90. The van der Waals surface area contributed by atoms with Gasteiger partial charge in [0.15, 0.2) is 11.8 Å². The molecule has 0 saturated carbocycles. The number of carbonyl (C=O) groups excluding carboxylic acids is 1. The van der Waals surface area contributed by atoms with Crippen LogP contribution >= 0.6 is 0 Å². The fourth-order valence-corrected chi connectivity index (χ4v) is 3.35. The molecule has 1 amide bonds. The molecule has 0 unspecified atom stereocenters. The van der Waals surface area contributed by atoms with Gasteiger partial charge in [-0.15, -0.1) is 0 Å². The largest absolute Gasteiger partial charge is 0.481 e. The number of nitrogens with one attached hydrogen (secondary N) is 1. The third kappa shape index (κ3) is 4.85. The molecule has 0 spiro atoms. The van der Waals surface area contributed by atoms with Crippen molar-refractivity contribution >= 4 is 17.4 Å². The number of carbonyl (C=O) groups is 1. The number of benzene rings is 2. The minimum absolute atomic E-state index is 0.0669. The Morgan fingerprint density at radius 1 is 1.16 bits per heavy atom. The Labute approximate surface area is 179 Å². The number of nitrogen functional groups attached to an aromatic ring is 1. The Morgan fingerprint density at radius 3 is 2.52 bits per heavy atom. The summed E-state index contributed by atoms with van der Waals surface area (Å²) in [4.78, 5) is 41.7. The van der Waals surface area contributed by atoms with Crippen LogP contribution in [0.1, 0.15) is 25.0 Å². The minimum atomic E-state index is -0.866. The monoisotopic (exact) mass is 422 g/mol. The van der Waals surface area contributed by atoms with Crippen LogP contribution in [0.25, 0.3) is 0 Å². The zero-order chi connectivity index (χ0) is 22.5. The van der Waals surface area contributed by atoms with Crippen LogP contribution in [-0.4, -0.2) is 28.1 Å². The van der Waals surface area contributed by atoms with Crippen molar-refractivity contribution < 1.29 is 9.53 Å². The molecule has 1 aromatic heterocycles. The molecule has 1 atom stereocenters. The van der Waals surface area contributed by atoms with Crippen LogP contribution in [0.5, 0.6) is 5.75 Å². The topological polar surface area (TPSA) is 110 Å². The standard InChI is InChI=1S/C23H26N4O4/c1-4-26(22(29)16(3)31-18-12-8-9-15(2)13-18)19-20(24)27(23(30)25-21(19)28)14-17-10-6-5-7-11-17/h5-13,16H,4,14,24H2,1-3H3,(H,25,28,30)/t16-/m0/s1. The molecule has 8 nitrogen and oxygen atoms in total. The Morgan fingerprint density at radius 2 is 1.87 bits per heavy atom. The van der Waals surface area contributed by atoms with Crippen molar-refractivity contribution in [1.82, 2.24) is 9.55 Å². The summed E-state index contributed by atoms with van der Waals surface area (Å²) in [5, 5.41) is 0. The van der Waals surface area contributed by atoms with E-state index in [0.29, 0.717) is 5.75 Å². The lowest BCUT2D eigenvalue weighted by Crippen LogP contribution is -2.45. The van der Waals surface area contributed by atoms with Crippen LogP contribution < -0.4 is 26.6 Å². The second-order valence-electron chi connectivity index (χ2n) is 7.22. The molecule has 0 radical (unpaired) electrons. The zero-order valence-electron chi connectivity index (χ0n) is 17.8. The van der Waals surface area contributed by atoms with E-state index in [4.69, 9.17) is 10.5 Å². The number of hydrogen-bond donors (Lipinski definition) is 2. The molecule has 2 aromatic carbocycles. The smallest absolute Gasteiger partial charge is 0.330 e. The predicted octanol–water partition coefficient (Wildman–Crippen LogP) is 2.30. The molecule has 1 heterocycles. The number of hydrogen-bond acceptors (Lipinski definition) is 5. The van der Waals surface area contributed by atoms with Crippen LogP contribution in [0.2, 0.25) is 0 Å². The van der Waals surface area contributed by atoms with Crippen molar-refractivity contribution in [3.8, 4) is 5.75 Å². The first-order valence-electron chi connectivity index (χ1n) is 10.0. The van der Waals surface area contributed by atoms with Gasteiger partial charge in [-0.2, -0.15) is 0 Å². The highest BCUT2D eigenvalue weighted by Gasteiger charge is 2.27. The first-order chi connectivity index (χ1) is 14.8. The maximum absolute atomic E-state index is 13.1. The number of rotatable bonds is 7. The molecule has 3 N–H and O–H groups in total. The molecule has 0 aliphatic carbocycles. The Kier molecular flexibility index (Phi) is 6.59. The van der Waals surface area contributed by atoms with E-state index < -0.39 is 23.3 Å². The van der Waals surface area contributed by atoms with Crippen molar-refractivity contribution in [3.05, 3.63) is 86.6 Å². The van der Waals surface area contributed by atoms with Crippen molar-refractivity contribution in [2.24, 2.45) is 0 Å². The van der Waals surface area contributed by atoms with E-state index >= 15 is 0 Å². The first-order valence-corrected chi connectivity index (χ1v) is 10.0. The van der Waals surface area contributed by atoms with Gasteiger partial charge in [0.1, 0.15) is 11.6 Å². The average molecular weight is 422 g/mol. The summed E-state index contributed by atoms with van der Waals surface area (Å²) in [6, 6.07) is 16.6. The van der Waals surface area contributed by atoms with Crippen LogP contribution in [-0.2, 0) is 11.3 Å². The summed E-state index contributed by atoms with van der Waals surface area (Å²) in [7, 11) is 0. The van der Waals surface area contributed by atoms with E-state index in [1.165, 1.54) is 9.47 Å². The fraction of sp³-hybridized carbons (Fsp3) is 0.261. The molecule has 3 aromatic rings. The Bertz CT molecular complexity index is 1180. The Balaban J connectivity index is 1.95. The highest BCUT2D eigenvalue weighted by molar-refractivity contribution is 5.98. The molecule has 0 aliphatic heterocycles. The van der Waals surface area contributed by atoms with Crippen molar-refractivity contribution in [3.63, 3.8) is 0 Å². The fourth-order valence-electron chi connectivity index (χ4n) is 3.35. The second kappa shape index (κ2) is 9.34. The van der Waals surface area contributed by atoms with Gasteiger partial charge in [0.2, 0.25) is 0 Å². The van der Waals surface area contributed by atoms with Crippen LogP contribution in [0, 0.1) is 6.92 Å². The summed E-state index contributed by atoms with van der Waals surface area (Å²) < 4.78 is 7.02. The van der Waals surface area contributed by atoms with Crippen molar-refractivity contribution in [2.45, 2.75) is 33.4 Å². The van der Waals surface area contributed by atoms with Gasteiger partial charge in [-0.25, -0.2) is 4.79 Å². The van der Waals surface area contributed by atoms with E-state index in [2.05, 4.69) is 4.98 Å². The van der Waals surface area contributed by atoms with Gasteiger partial charge in [0.25, 0.3) is 11.5 Å². The number of nitrogens with two attached hydrogens (primary N) is 1. The summed E-state index contributed by atoms with van der Waals surface area (Å²) in [6.07, 6.45) is -0.866. The number of aromatic amines is 1. The molecule has 0 bridgehead atoms. The highest BCUT2D eigenvalue weighted by Crippen LogP contribution is 2.20. The van der Waals surface area contributed by atoms with E-state index in [1.54, 1.807) is 19.9 Å². The quantitative estimate of drug-likeness (QED) is 0.607. The van der Waals surface area contributed by atoms with Gasteiger partial charge in [-0.3, -0.25) is 19.1 Å². The molecule has 31 heavy (non-hydrogen) atoms. The molecule has 0 fully saturated rings. The van der Waals surface area contributed by atoms with Gasteiger partial charge in [0.05, 0.1) is 6.54 Å². The first kappa shape index (κ1) is 21.9. The van der Waals surface area contributed by atoms with E-state index in [1.807, 2.05) is 55.5 Å². The van der Waals surface area contributed by atoms with Gasteiger partial charge >= 0.3 is 5.69 Å². The van der Waals surface area contributed by atoms with E-state index in [0.717, 1.165) is 11.1 Å². The van der Waals surface area contributed by atoms with Crippen molar-refractivity contribution in [1.29, 1.82) is 0 Å². The molecule has 3 rings (SSSR count). The maximum atomic E-state index is 13.1. The van der Waals surface area contributed by atoms with E-state index in [-0.39, 0.29) is 24.6 Å². The Hall–Kier alpha value is -3.81. The second-order valence-corrected chi connectivity index (χ2v) is 7.22. The number of amides is 1. The zero-order valence-corrected chi connectivity index (χ0v) is 17.8. The highest BCUT2D eigenvalue weighted by atomic mass is 16.5. The predicted molar refractivity (Wildman–Crippen MR) is 121 cm³/mol. The molecule has 162 valence electrons. The number of aryl methyl sites for hydroxylation is 1. The molecular weight excluding hydrogens is 396 g/mol. The number of likely N-dealkylation sites (N-methyl/N-ethyl adjacent to an activating group) is 1. The van der Waals surface area contributed by atoms with Crippen LogP contribution in [0.3, 0.4) is 0 Å². The molecule has 0 saturated heterocycles. The lowest BCUT2D eigenvalue weighted by atomic mass is 10.2. The van der Waals surface area contributed by atoms with Crippen LogP contribution in [0.15, 0.2) is 64.2 Å². The summed E-state index contributed by atoms with van der Waals surface area (Å²) in [6.45, 7) is 5.60. The normalized spacial score (nSPS) is 11.7. The SMILES string of the molecule is CCN(C(=O)[C@H](C)Oc1cccc(C)c1)c1c(N)n(Cc2ccccc2)c(=O)[nH]c1=O. The van der Waals surface area contributed by atoms with Gasteiger partial charge < -0.3 is 15.4 Å². The summed E-state index contributed by atoms with van der Waals surface area (Å²) >= 11 is 0. The maximum Gasteiger partial charge on any atom is 0.330 e. The number of aromatic nitrogens is 2. The van der Waals surface area contributed by atoms with Gasteiger partial charge in [0, 0.05) is 6.54 Å². The minimum Gasteiger partial charge on any atom is -0.481 e. The average Bonchev–Trinajstić information content (AvgIpc) is 2.74. The lowest BCUT2D eigenvalue weighted by molar-refractivity contribution is -0.124. The molecule has 8 heteroatoms. The number of anilines is 2. The van der Waals surface area contributed by atoms with Gasteiger partial charge in [-0.05, 0) is 44.0 Å². The molecular formula is C23H26N4O4. The number of ether oxygens (including phenoxy) is 1. The summed E-state index contributed by atoms with van der Waals surface area (Å²) in [5.74, 6) is 0.0366. The van der Waals surface area contributed by atoms with Gasteiger partial charge in [-0.1, -0.05) is 42.5 Å². The van der Waals surface area contributed by atoms with E-state index in [9.17, 15) is 14.4 Å². The van der Waals surface area contributed by atoms with Crippen molar-refractivity contribution in [2.75, 3.05) is 17.2 Å². The summed E-state index contributed by atoms with van der Waals surface area (Å²) in [5.41, 5.74) is 6.64.